The summed E-state index contributed by atoms with van der Waals surface area (Å²) < 4.78 is 0. The maximum absolute atomic E-state index is 12.6. The molecule has 104 valence electrons. The van der Waals surface area contributed by atoms with Crippen molar-refractivity contribution in [3.63, 3.8) is 0 Å². The van der Waals surface area contributed by atoms with Gasteiger partial charge in [-0.05, 0) is 44.4 Å². The first-order valence-corrected chi connectivity index (χ1v) is 7.55. The van der Waals surface area contributed by atoms with Crippen molar-refractivity contribution in [3.8, 4) is 0 Å². The van der Waals surface area contributed by atoms with E-state index in [1.165, 1.54) is 19.3 Å². The third-order valence-corrected chi connectivity index (χ3v) is 4.68. The van der Waals surface area contributed by atoms with Crippen molar-refractivity contribution in [2.45, 2.75) is 71.5 Å². The molecular formula is C15H28N2O. The van der Waals surface area contributed by atoms with Gasteiger partial charge in [0.05, 0.1) is 11.7 Å². The third kappa shape index (κ3) is 2.56. The van der Waals surface area contributed by atoms with Gasteiger partial charge in [-0.15, -0.1) is 0 Å². The molecule has 2 rings (SSSR count). The molecule has 1 amide bonds. The minimum absolute atomic E-state index is 0.253. The molecule has 1 aliphatic carbocycles. The van der Waals surface area contributed by atoms with Gasteiger partial charge in [0.25, 0.3) is 0 Å². The van der Waals surface area contributed by atoms with Crippen LogP contribution in [-0.4, -0.2) is 29.1 Å². The average molecular weight is 252 g/mol. The number of nitrogens with one attached hydrogen (secondary N) is 1. The van der Waals surface area contributed by atoms with E-state index >= 15 is 0 Å². The second-order valence-electron chi connectivity index (χ2n) is 6.73. The van der Waals surface area contributed by atoms with Crippen LogP contribution in [0.2, 0.25) is 0 Å². The van der Waals surface area contributed by atoms with Crippen molar-refractivity contribution >= 4 is 5.91 Å². The Kier molecular flexibility index (Phi) is 4.00. The van der Waals surface area contributed by atoms with Crippen LogP contribution in [0.25, 0.3) is 0 Å². The number of rotatable bonds is 5. The van der Waals surface area contributed by atoms with E-state index in [9.17, 15) is 4.79 Å². The van der Waals surface area contributed by atoms with Crippen LogP contribution in [0.5, 0.6) is 0 Å². The zero-order valence-corrected chi connectivity index (χ0v) is 12.3. The van der Waals surface area contributed by atoms with E-state index in [1.54, 1.807) is 0 Å². The van der Waals surface area contributed by atoms with Crippen molar-refractivity contribution in [2.75, 3.05) is 6.54 Å². The maximum atomic E-state index is 12.6. The molecule has 3 nitrogen and oxygen atoms in total. The average Bonchev–Trinajstić information content (AvgIpc) is 2.46. The molecule has 0 bridgehead atoms. The highest BCUT2D eigenvalue weighted by Crippen LogP contribution is 2.32. The number of hydrogen-bond acceptors (Lipinski definition) is 2. The molecule has 0 radical (unpaired) electrons. The van der Waals surface area contributed by atoms with Gasteiger partial charge in [0.1, 0.15) is 0 Å². The van der Waals surface area contributed by atoms with Crippen LogP contribution >= 0.6 is 0 Å². The zero-order valence-electron chi connectivity index (χ0n) is 12.3. The van der Waals surface area contributed by atoms with E-state index in [-0.39, 0.29) is 11.7 Å². The van der Waals surface area contributed by atoms with E-state index in [0.29, 0.717) is 11.8 Å². The summed E-state index contributed by atoms with van der Waals surface area (Å²) in [4.78, 5) is 14.7. The number of carbonyl (C=O) groups excluding carboxylic acids is 1. The molecule has 0 aromatic heterocycles. The predicted octanol–water partition coefficient (Wildman–Crippen LogP) is 2.76. The molecule has 0 aromatic carbocycles. The van der Waals surface area contributed by atoms with E-state index in [4.69, 9.17) is 0 Å². The Labute approximate surface area is 111 Å². The minimum Gasteiger partial charge on any atom is -0.325 e. The fraction of sp³-hybridized carbons (Fsp3) is 0.933. The summed E-state index contributed by atoms with van der Waals surface area (Å²) in [5.74, 6) is 1.70. The number of amides is 1. The second-order valence-corrected chi connectivity index (χ2v) is 6.73. The first-order chi connectivity index (χ1) is 8.46. The van der Waals surface area contributed by atoms with Gasteiger partial charge in [0.15, 0.2) is 0 Å². The summed E-state index contributed by atoms with van der Waals surface area (Å²) in [6.45, 7) is 9.59. The van der Waals surface area contributed by atoms with Crippen LogP contribution in [-0.2, 0) is 4.79 Å². The summed E-state index contributed by atoms with van der Waals surface area (Å²) in [6.07, 6.45) is 6.15. The smallest absolute Gasteiger partial charge is 0.243 e. The van der Waals surface area contributed by atoms with Gasteiger partial charge in [0, 0.05) is 6.54 Å². The molecule has 2 unspecified atom stereocenters. The standard InChI is InChI=1S/C15H28N2O/c1-5-15(4)14(18)17(10-12-7-6-8-12)13(16-15)9-11(2)3/h11-13,16H,5-10H2,1-4H3. The third-order valence-electron chi connectivity index (χ3n) is 4.68. The maximum Gasteiger partial charge on any atom is 0.243 e. The SMILES string of the molecule is CCC1(C)NC(CC(C)C)N(CC2CCC2)C1=O. The summed E-state index contributed by atoms with van der Waals surface area (Å²) in [7, 11) is 0. The van der Waals surface area contributed by atoms with Gasteiger partial charge in [-0.3, -0.25) is 10.1 Å². The molecular weight excluding hydrogens is 224 g/mol. The summed E-state index contributed by atoms with van der Waals surface area (Å²) in [5, 5.41) is 3.58. The Morgan fingerprint density at radius 1 is 1.44 bits per heavy atom. The Balaban J connectivity index is 2.07. The lowest BCUT2D eigenvalue weighted by molar-refractivity contribution is -0.134. The number of nitrogens with zero attached hydrogens (tertiary/aromatic N) is 1. The van der Waals surface area contributed by atoms with Crippen LogP contribution in [0.4, 0.5) is 0 Å². The Morgan fingerprint density at radius 2 is 2.11 bits per heavy atom. The highest BCUT2D eigenvalue weighted by atomic mass is 16.2. The molecule has 1 N–H and O–H groups in total. The first kappa shape index (κ1) is 13.9. The Morgan fingerprint density at radius 3 is 2.56 bits per heavy atom. The van der Waals surface area contributed by atoms with Gasteiger partial charge in [-0.25, -0.2) is 0 Å². The van der Waals surface area contributed by atoms with Crippen molar-refractivity contribution in [2.24, 2.45) is 11.8 Å². The van der Waals surface area contributed by atoms with E-state index in [1.807, 2.05) is 0 Å². The molecule has 18 heavy (non-hydrogen) atoms. The van der Waals surface area contributed by atoms with Crippen LogP contribution in [0, 0.1) is 11.8 Å². The van der Waals surface area contributed by atoms with Crippen LogP contribution in [0.3, 0.4) is 0 Å². The molecule has 0 aromatic rings. The molecule has 1 saturated carbocycles. The van der Waals surface area contributed by atoms with Crippen molar-refractivity contribution in [1.29, 1.82) is 0 Å². The lowest BCUT2D eigenvalue weighted by Crippen LogP contribution is -2.44. The second kappa shape index (κ2) is 5.20. The van der Waals surface area contributed by atoms with E-state index < -0.39 is 0 Å². The lowest BCUT2D eigenvalue weighted by atomic mass is 9.85. The van der Waals surface area contributed by atoms with Crippen LogP contribution < -0.4 is 5.32 Å². The van der Waals surface area contributed by atoms with E-state index in [2.05, 4.69) is 37.9 Å². The van der Waals surface area contributed by atoms with Gasteiger partial charge in [0.2, 0.25) is 5.91 Å². The van der Waals surface area contributed by atoms with Gasteiger partial charge >= 0.3 is 0 Å². The van der Waals surface area contributed by atoms with Crippen LogP contribution in [0.1, 0.15) is 59.8 Å². The lowest BCUT2D eigenvalue weighted by Gasteiger charge is -2.33. The molecule has 2 aliphatic rings. The quantitative estimate of drug-likeness (QED) is 0.816. The summed E-state index contributed by atoms with van der Waals surface area (Å²) in [6, 6.07) is 0. The molecule has 2 fully saturated rings. The predicted molar refractivity (Wildman–Crippen MR) is 74.1 cm³/mol. The normalized spacial score (nSPS) is 33.3. The van der Waals surface area contributed by atoms with E-state index in [0.717, 1.165) is 25.3 Å². The Hall–Kier alpha value is -0.570. The molecule has 2 atom stereocenters. The van der Waals surface area contributed by atoms with Gasteiger partial charge in [-0.1, -0.05) is 27.2 Å². The van der Waals surface area contributed by atoms with Crippen molar-refractivity contribution < 1.29 is 4.79 Å². The molecule has 1 heterocycles. The fourth-order valence-electron chi connectivity index (χ4n) is 3.02. The van der Waals surface area contributed by atoms with Gasteiger partial charge in [-0.2, -0.15) is 0 Å². The number of hydrogen-bond donors (Lipinski definition) is 1. The highest BCUT2D eigenvalue weighted by molar-refractivity contribution is 5.88. The largest absolute Gasteiger partial charge is 0.325 e. The summed E-state index contributed by atoms with van der Waals surface area (Å²) in [5.41, 5.74) is -0.330. The molecule has 1 saturated heterocycles. The van der Waals surface area contributed by atoms with Gasteiger partial charge < -0.3 is 4.90 Å². The minimum atomic E-state index is -0.330. The highest BCUT2D eigenvalue weighted by Gasteiger charge is 2.47. The summed E-state index contributed by atoms with van der Waals surface area (Å²) >= 11 is 0. The molecule has 0 spiro atoms. The zero-order chi connectivity index (χ0) is 13.3. The number of carbonyl (C=O) groups is 1. The monoisotopic (exact) mass is 252 g/mol. The Bertz CT molecular complexity index is 312. The molecule has 3 heteroatoms. The van der Waals surface area contributed by atoms with Crippen molar-refractivity contribution in [1.82, 2.24) is 10.2 Å². The van der Waals surface area contributed by atoms with Crippen LogP contribution in [0.15, 0.2) is 0 Å². The topological polar surface area (TPSA) is 32.3 Å². The fourth-order valence-corrected chi connectivity index (χ4v) is 3.02. The van der Waals surface area contributed by atoms with Crippen molar-refractivity contribution in [3.05, 3.63) is 0 Å². The first-order valence-electron chi connectivity index (χ1n) is 7.55. The molecule has 1 aliphatic heterocycles.